The molecule has 4 heteroatoms. The van der Waals surface area contributed by atoms with E-state index in [9.17, 15) is 4.79 Å². The molecule has 0 aliphatic heterocycles. The van der Waals surface area contributed by atoms with Crippen molar-refractivity contribution in [3.8, 4) is 11.5 Å². The molecule has 0 spiro atoms. The van der Waals surface area contributed by atoms with Crippen molar-refractivity contribution in [1.82, 2.24) is 5.32 Å². The van der Waals surface area contributed by atoms with Crippen LogP contribution in [0.2, 0.25) is 0 Å². The van der Waals surface area contributed by atoms with E-state index in [0.717, 1.165) is 11.3 Å². The summed E-state index contributed by atoms with van der Waals surface area (Å²) in [6, 6.07) is 15.3. The number of hydrogen-bond acceptors (Lipinski definition) is 3. The van der Waals surface area contributed by atoms with Gasteiger partial charge in [-0.05, 0) is 45.0 Å². The lowest BCUT2D eigenvalue weighted by Gasteiger charge is -2.15. The highest BCUT2D eigenvalue weighted by Gasteiger charge is 2.09. The first-order valence-electron chi connectivity index (χ1n) is 7.71. The Balaban J connectivity index is 1.69. The Morgan fingerprint density at radius 2 is 1.39 bits per heavy atom. The molecule has 1 amide bonds. The first-order valence-corrected chi connectivity index (χ1v) is 7.71. The van der Waals surface area contributed by atoms with Gasteiger partial charge in [-0.1, -0.05) is 35.4 Å². The first-order chi connectivity index (χ1) is 11.0. The van der Waals surface area contributed by atoms with Crippen molar-refractivity contribution in [2.75, 3.05) is 13.2 Å². The number of carbonyl (C=O) groups excluding carboxylic acids is 1. The van der Waals surface area contributed by atoms with Crippen LogP contribution in [0.25, 0.3) is 0 Å². The minimum absolute atomic E-state index is 0.00205. The van der Waals surface area contributed by atoms with Gasteiger partial charge in [-0.15, -0.1) is 0 Å². The molecule has 4 nitrogen and oxygen atoms in total. The summed E-state index contributed by atoms with van der Waals surface area (Å²) < 4.78 is 11.1. The van der Waals surface area contributed by atoms with E-state index in [-0.39, 0.29) is 18.6 Å². The molecule has 2 aromatic carbocycles. The third-order valence-corrected chi connectivity index (χ3v) is 3.32. The van der Waals surface area contributed by atoms with Crippen LogP contribution in [0.3, 0.4) is 0 Å². The quantitative estimate of drug-likeness (QED) is 0.853. The molecule has 122 valence electrons. The van der Waals surface area contributed by atoms with Gasteiger partial charge in [-0.2, -0.15) is 0 Å². The second-order valence-corrected chi connectivity index (χ2v) is 5.69. The molecule has 0 aliphatic carbocycles. The predicted molar refractivity (Wildman–Crippen MR) is 91.0 cm³/mol. The minimum Gasteiger partial charge on any atom is -0.491 e. The summed E-state index contributed by atoms with van der Waals surface area (Å²) in [5, 5.41) is 2.85. The molecule has 0 saturated carbocycles. The number of rotatable bonds is 7. The van der Waals surface area contributed by atoms with E-state index in [1.165, 1.54) is 5.56 Å². The van der Waals surface area contributed by atoms with Crippen LogP contribution >= 0.6 is 0 Å². The maximum absolute atomic E-state index is 11.9. The maximum Gasteiger partial charge on any atom is 0.258 e. The average Bonchev–Trinajstić information content (AvgIpc) is 2.54. The van der Waals surface area contributed by atoms with Gasteiger partial charge in [-0.3, -0.25) is 4.79 Å². The number of carbonyl (C=O) groups is 1. The zero-order valence-corrected chi connectivity index (χ0v) is 13.8. The maximum atomic E-state index is 11.9. The van der Waals surface area contributed by atoms with Gasteiger partial charge in [0, 0.05) is 0 Å². The zero-order chi connectivity index (χ0) is 16.7. The van der Waals surface area contributed by atoms with Crippen molar-refractivity contribution in [3.05, 3.63) is 59.7 Å². The van der Waals surface area contributed by atoms with E-state index in [1.54, 1.807) is 0 Å². The molecule has 23 heavy (non-hydrogen) atoms. The summed E-state index contributed by atoms with van der Waals surface area (Å²) in [4.78, 5) is 11.9. The summed E-state index contributed by atoms with van der Waals surface area (Å²) in [6.07, 6.45) is 0. The summed E-state index contributed by atoms with van der Waals surface area (Å²) in [7, 11) is 0. The number of benzene rings is 2. The molecule has 0 heterocycles. The molecule has 0 aliphatic rings. The lowest BCUT2D eigenvalue weighted by Crippen LogP contribution is -2.39. The third kappa shape index (κ3) is 6.02. The Hall–Kier alpha value is -2.49. The molecular weight excluding hydrogens is 290 g/mol. The molecule has 0 radical (unpaired) electrons. The van der Waals surface area contributed by atoms with E-state index >= 15 is 0 Å². The molecule has 2 aromatic rings. The van der Waals surface area contributed by atoms with E-state index in [1.807, 2.05) is 69.3 Å². The standard InChI is InChI=1S/C19H23NO3/c1-14-4-8-17(9-5-14)22-12-16(3)20-19(21)13-23-18-10-6-15(2)7-11-18/h4-11,16H,12-13H2,1-3H3,(H,20,21)/t16-/m0/s1. The van der Waals surface area contributed by atoms with Gasteiger partial charge in [-0.25, -0.2) is 0 Å². The normalized spacial score (nSPS) is 11.6. The highest BCUT2D eigenvalue weighted by molar-refractivity contribution is 5.77. The van der Waals surface area contributed by atoms with Crippen LogP contribution in [0.4, 0.5) is 0 Å². The lowest BCUT2D eigenvalue weighted by atomic mass is 10.2. The molecular formula is C19H23NO3. The number of hydrogen-bond donors (Lipinski definition) is 1. The SMILES string of the molecule is Cc1ccc(OCC(=O)N[C@@H](C)COc2ccc(C)cc2)cc1. The predicted octanol–water partition coefficient (Wildman–Crippen LogP) is 3.27. The van der Waals surface area contributed by atoms with Crippen molar-refractivity contribution in [3.63, 3.8) is 0 Å². The fourth-order valence-corrected chi connectivity index (χ4v) is 2.00. The molecule has 0 bridgehead atoms. The van der Waals surface area contributed by atoms with Crippen molar-refractivity contribution >= 4 is 5.91 Å². The number of nitrogens with one attached hydrogen (secondary N) is 1. The van der Waals surface area contributed by atoms with Crippen LogP contribution in [0.15, 0.2) is 48.5 Å². The molecule has 1 atom stereocenters. The second kappa shape index (κ2) is 8.22. The van der Waals surface area contributed by atoms with Crippen LogP contribution in [0.5, 0.6) is 11.5 Å². The molecule has 0 saturated heterocycles. The first kappa shape index (κ1) is 16.9. The van der Waals surface area contributed by atoms with Crippen LogP contribution in [-0.2, 0) is 4.79 Å². The van der Waals surface area contributed by atoms with Gasteiger partial charge in [0.2, 0.25) is 0 Å². The zero-order valence-electron chi connectivity index (χ0n) is 13.8. The third-order valence-electron chi connectivity index (χ3n) is 3.32. The van der Waals surface area contributed by atoms with Crippen LogP contribution in [0, 0.1) is 13.8 Å². The fourth-order valence-electron chi connectivity index (χ4n) is 2.00. The van der Waals surface area contributed by atoms with Crippen molar-refractivity contribution < 1.29 is 14.3 Å². The Morgan fingerprint density at radius 3 is 1.91 bits per heavy atom. The number of amides is 1. The van der Waals surface area contributed by atoms with Gasteiger partial charge in [0.25, 0.3) is 5.91 Å². The van der Waals surface area contributed by atoms with Crippen molar-refractivity contribution in [2.45, 2.75) is 26.8 Å². The summed E-state index contributed by atoms with van der Waals surface area (Å²) >= 11 is 0. The van der Waals surface area contributed by atoms with Gasteiger partial charge >= 0.3 is 0 Å². The van der Waals surface area contributed by atoms with E-state index in [4.69, 9.17) is 9.47 Å². The lowest BCUT2D eigenvalue weighted by molar-refractivity contribution is -0.123. The smallest absolute Gasteiger partial charge is 0.258 e. The Labute approximate surface area is 137 Å². The Morgan fingerprint density at radius 1 is 0.913 bits per heavy atom. The highest BCUT2D eigenvalue weighted by Crippen LogP contribution is 2.12. The molecule has 0 fully saturated rings. The van der Waals surface area contributed by atoms with Crippen molar-refractivity contribution in [1.29, 1.82) is 0 Å². The van der Waals surface area contributed by atoms with E-state index in [0.29, 0.717) is 12.4 Å². The minimum atomic E-state index is -0.161. The van der Waals surface area contributed by atoms with Crippen LogP contribution in [-0.4, -0.2) is 25.2 Å². The van der Waals surface area contributed by atoms with E-state index < -0.39 is 0 Å². The number of aryl methyl sites for hydroxylation is 2. The summed E-state index contributed by atoms with van der Waals surface area (Å²) in [5.74, 6) is 1.33. The molecule has 1 N–H and O–H groups in total. The second-order valence-electron chi connectivity index (χ2n) is 5.69. The van der Waals surface area contributed by atoms with Gasteiger partial charge in [0.1, 0.15) is 18.1 Å². The summed E-state index contributed by atoms with van der Waals surface area (Å²) in [5.41, 5.74) is 2.34. The van der Waals surface area contributed by atoms with Crippen LogP contribution in [0.1, 0.15) is 18.1 Å². The van der Waals surface area contributed by atoms with Gasteiger partial charge in [0.15, 0.2) is 6.61 Å². The Bertz CT molecular complexity index is 620. The van der Waals surface area contributed by atoms with E-state index in [2.05, 4.69) is 5.32 Å². The Kier molecular flexibility index (Phi) is 6.03. The highest BCUT2D eigenvalue weighted by atomic mass is 16.5. The van der Waals surface area contributed by atoms with Crippen molar-refractivity contribution in [2.24, 2.45) is 0 Å². The summed E-state index contributed by atoms with van der Waals surface area (Å²) in [6.45, 7) is 6.35. The van der Waals surface area contributed by atoms with Crippen LogP contribution < -0.4 is 14.8 Å². The van der Waals surface area contributed by atoms with Gasteiger partial charge in [0.05, 0.1) is 6.04 Å². The van der Waals surface area contributed by atoms with Gasteiger partial charge < -0.3 is 14.8 Å². The fraction of sp³-hybridized carbons (Fsp3) is 0.316. The molecule has 2 rings (SSSR count). The molecule has 0 unspecified atom stereocenters. The monoisotopic (exact) mass is 313 g/mol. The number of ether oxygens (including phenoxy) is 2. The molecule has 0 aromatic heterocycles. The topological polar surface area (TPSA) is 47.6 Å². The average molecular weight is 313 g/mol. The largest absolute Gasteiger partial charge is 0.491 e.